The largest absolute Gasteiger partial charge is 0.493 e. The van der Waals surface area contributed by atoms with E-state index in [1.165, 1.54) is 38.8 Å². The number of rotatable bonds is 9. The SMILES string of the molecule is CNc1cc(C)nc(Nc2ccc(OC)c(OCCCN3CCCCCC3)c2)n1. The van der Waals surface area contributed by atoms with Crippen molar-refractivity contribution >= 4 is 17.5 Å². The Hall–Kier alpha value is -2.54. The molecule has 0 unspecified atom stereocenters. The van der Waals surface area contributed by atoms with E-state index in [0.717, 1.165) is 41.7 Å². The van der Waals surface area contributed by atoms with Crippen molar-refractivity contribution < 1.29 is 9.47 Å². The van der Waals surface area contributed by atoms with Gasteiger partial charge >= 0.3 is 0 Å². The summed E-state index contributed by atoms with van der Waals surface area (Å²) < 4.78 is 11.5. The number of aryl methyl sites for hydroxylation is 1. The van der Waals surface area contributed by atoms with Crippen molar-refractivity contribution in [3.8, 4) is 11.5 Å². The van der Waals surface area contributed by atoms with E-state index >= 15 is 0 Å². The second-order valence-corrected chi connectivity index (χ2v) is 7.42. The molecule has 1 fully saturated rings. The molecular weight excluding hydrogens is 366 g/mol. The normalized spacial score (nSPS) is 14.9. The van der Waals surface area contributed by atoms with Gasteiger partial charge in [-0.1, -0.05) is 12.8 Å². The third-order valence-corrected chi connectivity index (χ3v) is 5.11. The Morgan fingerprint density at radius 1 is 1.03 bits per heavy atom. The lowest BCUT2D eigenvalue weighted by atomic mass is 10.2. The van der Waals surface area contributed by atoms with Gasteiger partial charge < -0.3 is 25.0 Å². The molecule has 158 valence electrons. The molecule has 0 radical (unpaired) electrons. The molecular formula is C22H33N5O2. The van der Waals surface area contributed by atoms with Gasteiger partial charge in [0.25, 0.3) is 0 Å². The average Bonchev–Trinajstić information content (AvgIpc) is 3.00. The van der Waals surface area contributed by atoms with Gasteiger partial charge in [-0.25, -0.2) is 4.98 Å². The Morgan fingerprint density at radius 3 is 2.55 bits per heavy atom. The molecule has 7 heteroatoms. The molecule has 1 aromatic heterocycles. The summed E-state index contributed by atoms with van der Waals surface area (Å²) in [6.45, 7) is 6.13. The number of benzene rings is 1. The van der Waals surface area contributed by atoms with Gasteiger partial charge in [0.1, 0.15) is 5.82 Å². The molecule has 1 aromatic carbocycles. The number of hydrogen-bond donors (Lipinski definition) is 2. The summed E-state index contributed by atoms with van der Waals surface area (Å²) in [6, 6.07) is 7.68. The third kappa shape index (κ3) is 6.49. The zero-order valence-corrected chi connectivity index (χ0v) is 17.8. The standard InChI is InChI=1S/C22H33N5O2/c1-17-15-21(23-2)26-22(24-17)25-18-9-10-19(28-3)20(16-18)29-14-8-13-27-11-6-4-5-7-12-27/h9-10,15-16H,4-8,11-14H2,1-3H3,(H2,23,24,25,26). The number of ether oxygens (including phenoxy) is 2. The van der Waals surface area contributed by atoms with E-state index in [-0.39, 0.29) is 0 Å². The minimum absolute atomic E-state index is 0.548. The van der Waals surface area contributed by atoms with Crippen LogP contribution < -0.4 is 20.1 Å². The van der Waals surface area contributed by atoms with Crippen LogP contribution >= 0.6 is 0 Å². The predicted octanol–water partition coefficient (Wildman–Crippen LogP) is 4.22. The van der Waals surface area contributed by atoms with Crippen LogP contribution in [0.3, 0.4) is 0 Å². The van der Waals surface area contributed by atoms with Crippen LogP contribution in [0.4, 0.5) is 17.5 Å². The number of nitrogens with one attached hydrogen (secondary N) is 2. The molecule has 7 nitrogen and oxygen atoms in total. The van der Waals surface area contributed by atoms with Crippen LogP contribution in [0.1, 0.15) is 37.8 Å². The molecule has 0 atom stereocenters. The summed E-state index contributed by atoms with van der Waals surface area (Å²) >= 11 is 0. The lowest BCUT2D eigenvalue weighted by molar-refractivity contribution is 0.235. The van der Waals surface area contributed by atoms with Crippen LogP contribution in [0, 0.1) is 6.92 Å². The van der Waals surface area contributed by atoms with Crippen molar-refractivity contribution in [2.45, 2.75) is 39.0 Å². The Morgan fingerprint density at radius 2 is 1.83 bits per heavy atom. The molecule has 1 saturated heterocycles. The molecule has 0 aliphatic carbocycles. The summed E-state index contributed by atoms with van der Waals surface area (Å²) in [7, 11) is 3.51. The number of nitrogens with zero attached hydrogens (tertiary/aromatic N) is 3. The summed E-state index contributed by atoms with van der Waals surface area (Å²) in [4.78, 5) is 11.4. The van der Waals surface area contributed by atoms with E-state index in [9.17, 15) is 0 Å². The summed E-state index contributed by atoms with van der Waals surface area (Å²) in [5.74, 6) is 2.78. The molecule has 2 N–H and O–H groups in total. The minimum atomic E-state index is 0.548. The van der Waals surface area contributed by atoms with Crippen molar-refractivity contribution in [3.05, 3.63) is 30.0 Å². The van der Waals surface area contributed by atoms with Crippen LogP contribution in [-0.4, -0.2) is 55.3 Å². The van der Waals surface area contributed by atoms with E-state index in [4.69, 9.17) is 9.47 Å². The highest BCUT2D eigenvalue weighted by Gasteiger charge is 2.10. The zero-order valence-electron chi connectivity index (χ0n) is 17.8. The average molecular weight is 400 g/mol. The van der Waals surface area contributed by atoms with E-state index in [2.05, 4.69) is 25.5 Å². The summed E-state index contributed by atoms with van der Waals surface area (Å²) in [6.07, 6.45) is 6.37. The monoisotopic (exact) mass is 399 g/mol. The quantitative estimate of drug-likeness (QED) is 0.612. The van der Waals surface area contributed by atoms with Crippen LogP contribution in [-0.2, 0) is 0 Å². The highest BCUT2D eigenvalue weighted by molar-refractivity contribution is 5.60. The van der Waals surface area contributed by atoms with Crippen molar-refractivity contribution in [1.82, 2.24) is 14.9 Å². The molecule has 29 heavy (non-hydrogen) atoms. The lowest BCUT2D eigenvalue weighted by Gasteiger charge is -2.20. The molecule has 1 aliphatic rings. The van der Waals surface area contributed by atoms with Crippen molar-refractivity contribution in [3.63, 3.8) is 0 Å². The fourth-order valence-corrected chi connectivity index (χ4v) is 3.58. The molecule has 0 spiro atoms. The Bertz CT molecular complexity index is 776. The van der Waals surface area contributed by atoms with E-state index in [1.807, 2.05) is 38.2 Å². The summed E-state index contributed by atoms with van der Waals surface area (Å²) in [5.41, 5.74) is 1.76. The second-order valence-electron chi connectivity index (χ2n) is 7.42. The number of hydrogen-bond acceptors (Lipinski definition) is 7. The third-order valence-electron chi connectivity index (χ3n) is 5.11. The maximum atomic E-state index is 6.05. The highest BCUT2D eigenvalue weighted by Crippen LogP contribution is 2.31. The Balaban J connectivity index is 1.59. The maximum Gasteiger partial charge on any atom is 0.229 e. The first-order valence-corrected chi connectivity index (χ1v) is 10.5. The first-order chi connectivity index (χ1) is 14.2. The maximum absolute atomic E-state index is 6.05. The van der Waals surface area contributed by atoms with Gasteiger partial charge in [0.05, 0.1) is 13.7 Å². The van der Waals surface area contributed by atoms with Gasteiger partial charge in [0, 0.05) is 37.1 Å². The van der Waals surface area contributed by atoms with Gasteiger partial charge in [-0.2, -0.15) is 4.98 Å². The van der Waals surface area contributed by atoms with E-state index in [0.29, 0.717) is 12.6 Å². The Labute approximate surface area is 173 Å². The molecule has 0 saturated carbocycles. The molecule has 0 amide bonds. The predicted molar refractivity (Wildman–Crippen MR) is 118 cm³/mol. The summed E-state index contributed by atoms with van der Waals surface area (Å²) in [5, 5.41) is 6.30. The fourth-order valence-electron chi connectivity index (χ4n) is 3.58. The van der Waals surface area contributed by atoms with Crippen LogP contribution in [0.2, 0.25) is 0 Å². The first kappa shape index (κ1) is 21.2. The number of methoxy groups -OCH3 is 1. The molecule has 3 rings (SSSR count). The van der Waals surface area contributed by atoms with Gasteiger partial charge in [-0.15, -0.1) is 0 Å². The Kier molecular flexibility index (Phi) is 7.93. The zero-order chi connectivity index (χ0) is 20.5. The molecule has 2 heterocycles. The minimum Gasteiger partial charge on any atom is -0.493 e. The molecule has 2 aromatic rings. The van der Waals surface area contributed by atoms with Gasteiger partial charge in [-0.05, 0) is 51.4 Å². The molecule has 0 bridgehead atoms. The van der Waals surface area contributed by atoms with Gasteiger partial charge in [-0.3, -0.25) is 0 Å². The second kappa shape index (κ2) is 10.9. The fraction of sp³-hybridized carbons (Fsp3) is 0.545. The van der Waals surface area contributed by atoms with E-state index in [1.54, 1.807) is 7.11 Å². The van der Waals surface area contributed by atoms with Crippen LogP contribution in [0.5, 0.6) is 11.5 Å². The molecule has 1 aliphatic heterocycles. The van der Waals surface area contributed by atoms with Crippen molar-refractivity contribution in [2.24, 2.45) is 0 Å². The highest BCUT2D eigenvalue weighted by atomic mass is 16.5. The van der Waals surface area contributed by atoms with Gasteiger partial charge in [0.2, 0.25) is 5.95 Å². The van der Waals surface area contributed by atoms with Crippen LogP contribution in [0.15, 0.2) is 24.3 Å². The number of aromatic nitrogens is 2. The number of anilines is 3. The smallest absolute Gasteiger partial charge is 0.229 e. The van der Waals surface area contributed by atoms with E-state index < -0.39 is 0 Å². The topological polar surface area (TPSA) is 71.5 Å². The first-order valence-electron chi connectivity index (χ1n) is 10.5. The number of likely N-dealkylation sites (tertiary alicyclic amines) is 1. The lowest BCUT2D eigenvalue weighted by Crippen LogP contribution is -2.26. The van der Waals surface area contributed by atoms with Gasteiger partial charge in [0.15, 0.2) is 11.5 Å². The van der Waals surface area contributed by atoms with Crippen molar-refractivity contribution in [2.75, 3.05) is 51.0 Å². The van der Waals surface area contributed by atoms with Crippen molar-refractivity contribution in [1.29, 1.82) is 0 Å². The van der Waals surface area contributed by atoms with Crippen LogP contribution in [0.25, 0.3) is 0 Å².